The van der Waals surface area contributed by atoms with E-state index in [0.717, 1.165) is 66.6 Å². The van der Waals surface area contributed by atoms with Crippen LogP contribution in [0.1, 0.15) is 56.2 Å². The second kappa shape index (κ2) is 9.95. The Morgan fingerprint density at radius 3 is 2.14 bits per heavy atom. The fraction of sp³-hybridized carbons (Fsp3) is 0.179. The maximum Gasteiger partial charge on any atom is 0.227 e. The third kappa shape index (κ3) is 3.99. The van der Waals surface area contributed by atoms with Gasteiger partial charge in [-0.05, 0) is 71.8 Å². The number of furan rings is 1. The number of benzene rings is 5. The van der Waals surface area contributed by atoms with E-state index in [1.54, 1.807) is 0 Å². The van der Waals surface area contributed by atoms with Crippen LogP contribution in [-0.2, 0) is 0 Å². The van der Waals surface area contributed by atoms with E-state index in [0.29, 0.717) is 17.7 Å². The van der Waals surface area contributed by atoms with Crippen molar-refractivity contribution < 1.29 is 8.83 Å². The van der Waals surface area contributed by atoms with Crippen molar-refractivity contribution in [2.24, 2.45) is 0 Å². The summed E-state index contributed by atoms with van der Waals surface area (Å²) in [7, 11) is 0. The Morgan fingerprint density at radius 2 is 1.39 bits per heavy atom. The molecule has 0 fully saturated rings. The molecule has 0 N–H and O–H groups in total. The minimum absolute atomic E-state index is 0.318. The van der Waals surface area contributed by atoms with E-state index in [4.69, 9.17) is 18.8 Å². The van der Waals surface area contributed by atoms with Gasteiger partial charge in [0.2, 0.25) is 5.89 Å². The van der Waals surface area contributed by atoms with E-state index in [9.17, 15) is 0 Å². The topological polar surface area (TPSA) is 57.0 Å². The molecule has 0 amide bonds. The first kappa shape index (κ1) is 26.5. The van der Waals surface area contributed by atoms with Crippen LogP contribution in [0.2, 0.25) is 0 Å². The fourth-order valence-electron chi connectivity index (χ4n) is 6.50. The molecule has 0 saturated heterocycles. The summed E-state index contributed by atoms with van der Waals surface area (Å²) in [5, 5.41) is 1.92. The van der Waals surface area contributed by atoms with Crippen LogP contribution in [0.25, 0.3) is 72.6 Å². The number of aryl methyl sites for hydroxylation is 1. The molecule has 0 atom stereocenters. The molecule has 5 heteroatoms. The van der Waals surface area contributed by atoms with Crippen molar-refractivity contribution in [2.75, 3.05) is 0 Å². The van der Waals surface area contributed by atoms with Crippen molar-refractivity contribution in [1.29, 1.82) is 0 Å². The first-order chi connectivity index (χ1) is 21.4. The van der Waals surface area contributed by atoms with Gasteiger partial charge in [-0.1, -0.05) is 88.4 Å². The number of oxazole rings is 1. The normalized spacial score (nSPS) is 12.2. The Balaban J connectivity index is 1.54. The summed E-state index contributed by atoms with van der Waals surface area (Å²) in [4.78, 5) is 10.3. The van der Waals surface area contributed by atoms with Gasteiger partial charge in [0.25, 0.3) is 0 Å². The minimum atomic E-state index is 0.318. The smallest absolute Gasteiger partial charge is 0.227 e. The van der Waals surface area contributed by atoms with Gasteiger partial charge in [0, 0.05) is 10.9 Å². The van der Waals surface area contributed by atoms with Crippen molar-refractivity contribution in [3.63, 3.8) is 0 Å². The van der Waals surface area contributed by atoms with Crippen LogP contribution in [-0.4, -0.2) is 14.5 Å². The van der Waals surface area contributed by atoms with Gasteiger partial charge in [0.15, 0.2) is 5.58 Å². The van der Waals surface area contributed by atoms with Crippen LogP contribution in [0, 0.1) is 6.92 Å². The highest BCUT2D eigenvalue weighted by Crippen LogP contribution is 2.44. The van der Waals surface area contributed by atoms with E-state index in [2.05, 4.69) is 99.8 Å². The molecule has 0 aliphatic carbocycles. The number of nitrogens with zero attached hydrogens (tertiary/aromatic N) is 3. The Kier molecular flexibility index (Phi) is 5.99. The molecule has 216 valence electrons. The quantitative estimate of drug-likeness (QED) is 0.205. The molecule has 8 aromatic rings. The highest BCUT2D eigenvalue weighted by molar-refractivity contribution is 6.20. The van der Waals surface area contributed by atoms with Crippen molar-refractivity contribution in [3.05, 3.63) is 114 Å². The monoisotopic (exact) mass is 575 g/mol. The minimum Gasteiger partial charge on any atom is -0.455 e. The van der Waals surface area contributed by atoms with Gasteiger partial charge >= 0.3 is 0 Å². The van der Waals surface area contributed by atoms with E-state index in [1.165, 1.54) is 16.8 Å². The average molecular weight is 576 g/mol. The van der Waals surface area contributed by atoms with Gasteiger partial charge in [-0.15, -0.1) is 0 Å². The predicted molar refractivity (Wildman–Crippen MR) is 180 cm³/mol. The highest BCUT2D eigenvalue weighted by atomic mass is 16.4. The molecule has 3 heterocycles. The van der Waals surface area contributed by atoms with Crippen LogP contribution in [0.3, 0.4) is 0 Å². The molecule has 3 aromatic heterocycles. The van der Waals surface area contributed by atoms with Gasteiger partial charge in [-0.3, -0.25) is 4.57 Å². The maximum absolute atomic E-state index is 6.74. The number of para-hydroxylation sites is 3. The predicted octanol–water partition coefficient (Wildman–Crippen LogP) is 11.0. The van der Waals surface area contributed by atoms with Crippen LogP contribution in [0.15, 0.2) is 106 Å². The number of fused-ring (bicyclic) bond motifs is 6. The second-order valence-corrected chi connectivity index (χ2v) is 12.3. The van der Waals surface area contributed by atoms with Crippen molar-refractivity contribution in [3.8, 4) is 28.5 Å². The van der Waals surface area contributed by atoms with E-state index in [-0.39, 0.29) is 0 Å². The van der Waals surface area contributed by atoms with E-state index in [1.807, 2.05) is 36.4 Å². The van der Waals surface area contributed by atoms with Gasteiger partial charge < -0.3 is 8.83 Å². The largest absolute Gasteiger partial charge is 0.455 e. The van der Waals surface area contributed by atoms with E-state index < -0.39 is 0 Å². The van der Waals surface area contributed by atoms with Gasteiger partial charge in [0.05, 0.1) is 27.7 Å². The molecule has 0 spiro atoms. The van der Waals surface area contributed by atoms with Crippen molar-refractivity contribution in [1.82, 2.24) is 14.5 Å². The molecule has 8 rings (SSSR count). The lowest BCUT2D eigenvalue weighted by atomic mass is 9.92. The third-order valence-corrected chi connectivity index (χ3v) is 8.64. The molecule has 0 aliphatic heterocycles. The Labute approximate surface area is 255 Å². The van der Waals surface area contributed by atoms with Crippen LogP contribution in [0.4, 0.5) is 0 Å². The molecule has 0 bridgehead atoms. The molecular formula is C39H33N3O2. The number of rotatable bonds is 5. The number of aromatic nitrogens is 3. The summed E-state index contributed by atoms with van der Waals surface area (Å²) in [5.74, 6) is 2.05. The van der Waals surface area contributed by atoms with Crippen molar-refractivity contribution in [2.45, 2.75) is 46.5 Å². The summed E-state index contributed by atoms with van der Waals surface area (Å²) in [5.41, 5.74) is 11.8. The Morgan fingerprint density at radius 1 is 0.659 bits per heavy atom. The zero-order chi connectivity index (χ0) is 30.1. The summed E-state index contributed by atoms with van der Waals surface area (Å²) in [6.07, 6.45) is 0. The summed E-state index contributed by atoms with van der Waals surface area (Å²) >= 11 is 0. The standard InChI is InChI=1S/C39H33N3O2/c1-22(2)26-14-11-15-27(23(3)4)35(26)42-32-17-10-9-16-30(32)40-38(42)29-21-31-37(44-39(41-31)25-12-7-6-8-13-25)34-28-19-18-24(5)20-33(28)43-36(29)34/h6-23H,1-5H3. The third-order valence-electron chi connectivity index (χ3n) is 8.64. The molecule has 0 saturated carbocycles. The highest BCUT2D eigenvalue weighted by Gasteiger charge is 2.27. The van der Waals surface area contributed by atoms with Crippen LogP contribution >= 0.6 is 0 Å². The second-order valence-electron chi connectivity index (χ2n) is 12.3. The molecule has 5 nitrogen and oxygen atoms in total. The fourth-order valence-corrected chi connectivity index (χ4v) is 6.50. The summed E-state index contributed by atoms with van der Waals surface area (Å²) in [6.45, 7) is 11.1. The lowest BCUT2D eigenvalue weighted by Crippen LogP contribution is -2.08. The number of hydrogen-bond donors (Lipinski definition) is 0. The molecule has 5 aromatic carbocycles. The van der Waals surface area contributed by atoms with Crippen LogP contribution < -0.4 is 0 Å². The first-order valence-electron chi connectivity index (χ1n) is 15.3. The SMILES string of the molecule is Cc1ccc2c(c1)oc1c(-c3nc4ccccc4n3-c3c(C(C)C)cccc3C(C)C)cc3nc(-c4ccccc4)oc3c12. The first-order valence-corrected chi connectivity index (χ1v) is 15.3. The van der Waals surface area contributed by atoms with E-state index >= 15 is 0 Å². The molecule has 0 unspecified atom stereocenters. The lowest BCUT2D eigenvalue weighted by molar-refractivity contribution is 0.622. The van der Waals surface area contributed by atoms with Gasteiger partial charge in [0.1, 0.15) is 22.5 Å². The number of hydrogen-bond acceptors (Lipinski definition) is 4. The summed E-state index contributed by atoms with van der Waals surface area (Å²) < 4.78 is 15.6. The molecule has 0 radical (unpaired) electrons. The Bertz CT molecular complexity index is 2330. The zero-order valence-electron chi connectivity index (χ0n) is 25.6. The number of imidazole rings is 1. The maximum atomic E-state index is 6.74. The lowest BCUT2D eigenvalue weighted by Gasteiger charge is -2.22. The molecule has 44 heavy (non-hydrogen) atoms. The Hall–Kier alpha value is -5.16. The molecule has 0 aliphatic rings. The zero-order valence-corrected chi connectivity index (χ0v) is 25.6. The summed E-state index contributed by atoms with van der Waals surface area (Å²) in [6, 6.07) is 33.5. The van der Waals surface area contributed by atoms with Crippen LogP contribution in [0.5, 0.6) is 0 Å². The van der Waals surface area contributed by atoms with Gasteiger partial charge in [-0.2, -0.15) is 0 Å². The van der Waals surface area contributed by atoms with Gasteiger partial charge in [-0.25, -0.2) is 9.97 Å². The average Bonchev–Trinajstić information content (AvgIpc) is 3.73. The molecular weight excluding hydrogens is 542 g/mol. The van der Waals surface area contributed by atoms with Crippen molar-refractivity contribution >= 4 is 44.1 Å².